The first-order valence-electron chi connectivity index (χ1n) is 6.46. The van der Waals surface area contributed by atoms with E-state index in [0.29, 0.717) is 18.4 Å². The SMILES string of the molecule is Cn1ncnc1CNC1C2CCC(C2)C1C(=O)O. The Labute approximate surface area is 105 Å². The lowest BCUT2D eigenvalue weighted by atomic mass is 9.84. The molecule has 2 aliphatic carbocycles. The molecule has 0 spiro atoms. The number of hydrogen-bond acceptors (Lipinski definition) is 4. The Balaban J connectivity index is 1.68. The zero-order valence-electron chi connectivity index (χ0n) is 10.4. The number of fused-ring (bicyclic) bond motifs is 2. The zero-order chi connectivity index (χ0) is 12.7. The maximum Gasteiger partial charge on any atom is 0.308 e. The first kappa shape index (κ1) is 11.6. The van der Waals surface area contributed by atoms with Gasteiger partial charge in [-0.1, -0.05) is 0 Å². The summed E-state index contributed by atoms with van der Waals surface area (Å²) in [5.74, 6) is 0.852. The predicted molar refractivity (Wildman–Crippen MR) is 63.6 cm³/mol. The number of aliphatic carboxylic acids is 1. The fourth-order valence-electron chi connectivity index (χ4n) is 3.63. The summed E-state index contributed by atoms with van der Waals surface area (Å²) in [5, 5.41) is 16.7. The van der Waals surface area contributed by atoms with E-state index >= 15 is 0 Å². The molecule has 1 aromatic rings. The average molecular weight is 250 g/mol. The number of aromatic nitrogens is 3. The summed E-state index contributed by atoms with van der Waals surface area (Å²) in [6.07, 6.45) is 4.81. The largest absolute Gasteiger partial charge is 0.481 e. The van der Waals surface area contributed by atoms with Gasteiger partial charge in [-0.3, -0.25) is 9.48 Å². The Morgan fingerprint density at radius 2 is 2.33 bits per heavy atom. The van der Waals surface area contributed by atoms with Gasteiger partial charge in [-0.2, -0.15) is 5.10 Å². The van der Waals surface area contributed by atoms with Crippen molar-refractivity contribution in [2.24, 2.45) is 24.8 Å². The highest BCUT2D eigenvalue weighted by Crippen LogP contribution is 2.48. The van der Waals surface area contributed by atoms with Crippen LogP contribution in [-0.4, -0.2) is 31.9 Å². The van der Waals surface area contributed by atoms with Crippen LogP contribution in [0.15, 0.2) is 6.33 Å². The van der Waals surface area contributed by atoms with Gasteiger partial charge < -0.3 is 10.4 Å². The molecule has 0 aliphatic heterocycles. The first-order chi connectivity index (χ1) is 8.66. The number of carbonyl (C=O) groups is 1. The summed E-state index contributed by atoms with van der Waals surface area (Å²) in [4.78, 5) is 15.5. The average Bonchev–Trinajstić information content (AvgIpc) is 3.00. The standard InChI is InChI=1S/C12H18N4O2/c1-16-9(14-6-15-16)5-13-11-8-3-2-7(4-8)10(11)12(17)18/h6-8,10-11,13H,2-5H2,1H3,(H,17,18). The summed E-state index contributed by atoms with van der Waals surface area (Å²) in [7, 11) is 1.85. The van der Waals surface area contributed by atoms with Gasteiger partial charge in [0.25, 0.3) is 0 Å². The Bertz CT molecular complexity index is 459. The van der Waals surface area contributed by atoms with Crippen molar-refractivity contribution in [3.05, 3.63) is 12.2 Å². The van der Waals surface area contributed by atoms with E-state index in [9.17, 15) is 9.90 Å². The van der Waals surface area contributed by atoms with E-state index in [4.69, 9.17) is 0 Å². The molecule has 0 amide bonds. The highest BCUT2D eigenvalue weighted by Gasteiger charge is 2.50. The lowest BCUT2D eigenvalue weighted by molar-refractivity contribution is -0.144. The highest BCUT2D eigenvalue weighted by molar-refractivity contribution is 5.72. The van der Waals surface area contributed by atoms with Gasteiger partial charge in [0.05, 0.1) is 12.5 Å². The molecule has 98 valence electrons. The van der Waals surface area contributed by atoms with Crippen LogP contribution in [0.2, 0.25) is 0 Å². The van der Waals surface area contributed by atoms with Crippen molar-refractivity contribution in [1.82, 2.24) is 20.1 Å². The highest BCUT2D eigenvalue weighted by atomic mass is 16.4. The minimum absolute atomic E-state index is 0.0953. The maximum absolute atomic E-state index is 11.4. The van der Waals surface area contributed by atoms with E-state index in [1.165, 1.54) is 6.33 Å². The molecular formula is C12H18N4O2. The van der Waals surface area contributed by atoms with Crippen LogP contribution in [0.25, 0.3) is 0 Å². The molecule has 2 N–H and O–H groups in total. The third kappa shape index (κ3) is 1.80. The van der Waals surface area contributed by atoms with E-state index < -0.39 is 5.97 Å². The predicted octanol–water partition coefficient (Wildman–Crippen LogP) is 0.404. The second-order valence-electron chi connectivity index (χ2n) is 5.40. The van der Waals surface area contributed by atoms with Crippen LogP contribution in [0.5, 0.6) is 0 Å². The van der Waals surface area contributed by atoms with Crippen molar-refractivity contribution in [2.75, 3.05) is 0 Å². The zero-order valence-corrected chi connectivity index (χ0v) is 10.4. The number of carboxylic acid groups (broad SMARTS) is 1. The Hall–Kier alpha value is -1.43. The molecule has 1 aromatic heterocycles. The Kier molecular flexibility index (Phi) is 2.81. The van der Waals surface area contributed by atoms with E-state index in [1.54, 1.807) is 4.68 Å². The van der Waals surface area contributed by atoms with Crippen molar-refractivity contribution in [3.8, 4) is 0 Å². The quantitative estimate of drug-likeness (QED) is 0.808. The molecule has 18 heavy (non-hydrogen) atoms. The van der Waals surface area contributed by atoms with Crippen LogP contribution in [0.1, 0.15) is 25.1 Å². The third-order valence-corrected chi connectivity index (χ3v) is 4.50. The number of aryl methyl sites for hydroxylation is 1. The van der Waals surface area contributed by atoms with Crippen LogP contribution in [0, 0.1) is 17.8 Å². The number of hydrogen-bond donors (Lipinski definition) is 2. The molecule has 4 unspecified atom stereocenters. The molecule has 2 aliphatic rings. The summed E-state index contributed by atoms with van der Waals surface area (Å²) in [6, 6.07) is 0.0953. The summed E-state index contributed by atoms with van der Waals surface area (Å²) < 4.78 is 1.72. The van der Waals surface area contributed by atoms with Gasteiger partial charge in [0.15, 0.2) is 0 Å². The molecule has 1 heterocycles. The molecule has 6 heteroatoms. The molecule has 4 atom stereocenters. The van der Waals surface area contributed by atoms with Crippen molar-refractivity contribution in [3.63, 3.8) is 0 Å². The number of nitrogens with one attached hydrogen (secondary N) is 1. The second kappa shape index (κ2) is 4.35. The van der Waals surface area contributed by atoms with E-state index in [1.807, 2.05) is 7.05 Å². The normalized spacial score (nSPS) is 34.1. The van der Waals surface area contributed by atoms with Gasteiger partial charge in [-0.25, -0.2) is 4.98 Å². The van der Waals surface area contributed by atoms with Crippen LogP contribution >= 0.6 is 0 Å². The molecule has 0 saturated heterocycles. The van der Waals surface area contributed by atoms with E-state index in [-0.39, 0.29) is 12.0 Å². The number of nitrogens with zero attached hydrogens (tertiary/aromatic N) is 3. The molecule has 2 bridgehead atoms. The van der Waals surface area contributed by atoms with Gasteiger partial charge in [0.2, 0.25) is 0 Å². The van der Waals surface area contributed by atoms with Crippen LogP contribution < -0.4 is 5.32 Å². The lowest BCUT2D eigenvalue weighted by Gasteiger charge is -2.28. The molecule has 3 rings (SSSR count). The third-order valence-electron chi connectivity index (χ3n) is 4.50. The molecule has 0 aromatic carbocycles. The first-order valence-corrected chi connectivity index (χ1v) is 6.46. The minimum atomic E-state index is -0.655. The molecule has 0 radical (unpaired) electrons. The molecular weight excluding hydrogens is 232 g/mol. The Morgan fingerprint density at radius 1 is 1.56 bits per heavy atom. The molecule has 2 saturated carbocycles. The van der Waals surface area contributed by atoms with Gasteiger partial charge in [-0.05, 0) is 31.1 Å². The van der Waals surface area contributed by atoms with Gasteiger partial charge in [0, 0.05) is 13.1 Å². The smallest absolute Gasteiger partial charge is 0.308 e. The van der Waals surface area contributed by atoms with Crippen LogP contribution in [0.4, 0.5) is 0 Å². The van der Waals surface area contributed by atoms with Crippen LogP contribution in [-0.2, 0) is 18.4 Å². The molecule has 6 nitrogen and oxygen atoms in total. The van der Waals surface area contributed by atoms with Gasteiger partial charge in [-0.15, -0.1) is 0 Å². The van der Waals surface area contributed by atoms with Crippen molar-refractivity contribution < 1.29 is 9.90 Å². The van der Waals surface area contributed by atoms with Crippen molar-refractivity contribution in [2.45, 2.75) is 31.8 Å². The van der Waals surface area contributed by atoms with Crippen LogP contribution in [0.3, 0.4) is 0 Å². The van der Waals surface area contributed by atoms with Gasteiger partial charge in [0.1, 0.15) is 12.2 Å². The van der Waals surface area contributed by atoms with E-state index in [2.05, 4.69) is 15.4 Å². The fraction of sp³-hybridized carbons (Fsp3) is 0.750. The maximum atomic E-state index is 11.4. The number of rotatable bonds is 4. The van der Waals surface area contributed by atoms with Gasteiger partial charge >= 0.3 is 5.97 Å². The summed E-state index contributed by atoms with van der Waals surface area (Å²) in [6.45, 7) is 0.591. The number of carboxylic acids is 1. The van der Waals surface area contributed by atoms with E-state index in [0.717, 1.165) is 25.1 Å². The Morgan fingerprint density at radius 3 is 3.00 bits per heavy atom. The summed E-state index contributed by atoms with van der Waals surface area (Å²) >= 11 is 0. The molecule has 2 fully saturated rings. The van der Waals surface area contributed by atoms with Crippen molar-refractivity contribution >= 4 is 5.97 Å². The lowest BCUT2D eigenvalue weighted by Crippen LogP contribution is -2.44. The second-order valence-corrected chi connectivity index (χ2v) is 5.40. The van der Waals surface area contributed by atoms with Crippen molar-refractivity contribution in [1.29, 1.82) is 0 Å². The minimum Gasteiger partial charge on any atom is -0.481 e. The fourth-order valence-corrected chi connectivity index (χ4v) is 3.63. The monoisotopic (exact) mass is 250 g/mol. The topological polar surface area (TPSA) is 80.0 Å². The summed E-state index contributed by atoms with van der Waals surface area (Å²) in [5.41, 5.74) is 0.